The minimum Gasteiger partial charge on any atom is -0.349 e. The quantitative estimate of drug-likeness (QED) is 0.304. The summed E-state index contributed by atoms with van der Waals surface area (Å²) >= 11 is 1.36. The van der Waals surface area contributed by atoms with Crippen molar-refractivity contribution in [2.24, 2.45) is 0 Å². The molecule has 8 heteroatoms. The molecule has 162 valence electrons. The Morgan fingerprint density at radius 1 is 1.10 bits per heavy atom. The fraction of sp³-hybridized carbons (Fsp3) is 0.391. The molecule has 0 aliphatic rings. The van der Waals surface area contributed by atoms with Gasteiger partial charge in [-0.3, -0.25) is 18.6 Å². The smallest absolute Gasteiger partial charge is 0.262 e. The number of hydrogen-bond acceptors (Lipinski definition) is 5. The fourth-order valence-electron chi connectivity index (χ4n) is 4.12. The zero-order valence-corrected chi connectivity index (χ0v) is 19.2. The number of ketones is 1. The van der Waals surface area contributed by atoms with Crippen molar-refractivity contribution in [1.29, 1.82) is 0 Å². The van der Waals surface area contributed by atoms with Gasteiger partial charge in [0, 0.05) is 30.0 Å². The standard InChI is InChI=1S/C23H27N5O2S/c1-5-7-12-27-21(30)17-10-8-9-11-19(17)28-22(27)24-25-23(28)31-14-20(29)18-13-15(3)26(6-2)16(18)4/h8-11,13H,5-7,12,14H2,1-4H3. The van der Waals surface area contributed by atoms with E-state index in [1.54, 1.807) is 4.57 Å². The molecule has 3 aromatic heterocycles. The number of Topliss-reactive ketones (excluding diaryl/α,β-unsaturated/α-hetero) is 1. The second-order valence-corrected chi connectivity index (χ2v) is 8.63. The number of benzene rings is 1. The van der Waals surface area contributed by atoms with Gasteiger partial charge >= 0.3 is 0 Å². The molecule has 4 aromatic rings. The third-order valence-electron chi connectivity index (χ3n) is 5.74. The van der Waals surface area contributed by atoms with Crippen LogP contribution in [0.25, 0.3) is 16.7 Å². The number of para-hydroxylation sites is 1. The van der Waals surface area contributed by atoms with E-state index in [0.29, 0.717) is 22.9 Å². The van der Waals surface area contributed by atoms with Gasteiger partial charge < -0.3 is 4.57 Å². The van der Waals surface area contributed by atoms with Gasteiger partial charge in [0.1, 0.15) is 0 Å². The first kappa shape index (κ1) is 21.4. The van der Waals surface area contributed by atoms with Crippen LogP contribution in [0, 0.1) is 13.8 Å². The SMILES string of the molecule is CCCCn1c(=O)c2ccccc2n2c(SCC(=O)c3cc(C)n(CC)c3C)nnc12. The molecule has 0 aliphatic carbocycles. The summed E-state index contributed by atoms with van der Waals surface area (Å²) < 4.78 is 5.74. The number of thioether (sulfide) groups is 1. The van der Waals surface area contributed by atoms with E-state index >= 15 is 0 Å². The molecule has 7 nitrogen and oxygen atoms in total. The molecule has 31 heavy (non-hydrogen) atoms. The summed E-state index contributed by atoms with van der Waals surface area (Å²) in [5.74, 6) is 0.853. The van der Waals surface area contributed by atoms with Gasteiger partial charge in [-0.05, 0) is 45.4 Å². The number of nitrogens with zero attached hydrogens (tertiary/aromatic N) is 5. The van der Waals surface area contributed by atoms with Crippen LogP contribution in [0.1, 0.15) is 48.4 Å². The number of unbranched alkanes of at least 4 members (excludes halogenated alkanes) is 1. The van der Waals surface area contributed by atoms with Crippen LogP contribution in [0.3, 0.4) is 0 Å². The van der Waals surface area contributed by atoms with Crippen LogP contribution >= 0.6 is 11.8 Å². The topological polar surface area (TPSA) is 74.2 Å². The predicted molar refractivity (Wildman–Crippen MR) is 124 cm³/mol. The second kappa shape index (κ2) is 8.70. The molecule has 3 heterocycles. The number of aryl methyl sites for hydroxylation is 2. The normalized spacial score (nSPS) is 11.6. The minimum atomic E-state index is -0.0522. The Hall–Kier alpha value is -2.87. The molecule has 0 unspecified atom stereocenters. The predicted octanol–water partition coefficient (Wildman–Crippen LogP) is 4.26. The van der Waals surface area contributed by atoms with E-state index in [-0.39, 0.29) is 17.1 Å². The molecule has 0 spiro atoms. The summed E-state index contributed by atoms with van der Waals surface area (Å²) in [6.07, 6.45) is 1.86. The maximum Gasteiger partial charge on any atom is 0.262 e. The zero-order valence-electron chi connectivity index (χ0n) is 18.4. The van der Waals surface area contributed by atoms with Crippen LogP contribution in [0.4, 0.5) is 0 Å². The van der Waals surface area contributed by atoms with Gasteiger partial charge in [0.15, 0.2) is 10.9 Å². The molecule has 0 N–H and O–H groups in total. The van der Waals surface area contributed by atoms with Crippen molar-refractivity contribution in [3.05, 3.63) is 57.6 Å². The van der Waals surface area contributed by atoms with E-state index in [1.807, 2.05) is 48.6 Å². The first-order valence-electron chi connectivity index (χ1n) is 10.7. The fourth-order valence-corrected chi connectivity index (χ4v) is 4.95. The molecule has 4 rings (SSSR count). The highest BCUT2D eigenvalue weighted by atomic mass is 32.2. The molecule has 0 bridgehead atoms. The lowest BCUT2D eigenvalue weighted by Gasteiger charge is -2.10. The van der Waals surface area contributed by atoms with Gasteiger partial charge in [-0.15, -0.1) is 10.2 Å². The maximum atomic E-state index is 13.0. The van der Waals surface area contributed by atoms with Gasteiger partial charge in [0.2, 0.25) is 5.78 Å². The maximum absolute atomic E-state index is 13.0. The molecule has 0 saturated carbocycles. The van der Waals surface area contributed by atoms with Crippen molar-refractivity contribution >= 4 is 34.2 Å². The largest absolute Gasteiger partial charge is 0.349 e. The average Bonchev–Trinajstić information content (AvgIpc) is 3.32. The molecule has 1 aromatic carbocycles. The number of fused-ring (bicyclic) bond motifs is 3. The molecule has 0 aliphatic heterocycles. The number of rotatable bonds is 8. The summed E-state index contributed by atoms with van der Waals surface area (Å²) in [6, 6.07) is 9.46. The first-order valence-corrected chi connectivity index (χ1v) is 11.7. The van der Waals surface area contributed by atoms with Crippen molar-refractivity contribution in [1.82, 2.24) is 23.7 Å². The highest BCUT2D eigenvalue weighted by Crippen LogP contribution is 2.24. The summed E-state index contributed by atoms with van der Waals surface area (Å²) in [6.45, 7) is 9.61. The number of carbonyl (C=O) groups is 1. The van der Waals surface area contributed by atoms with Crippen LogP contribution in [-0.2, 0) is 13.1 Å². The Bertz CT molecular complexity index is 1330. The Kier molecular flexibility index (Phi) is 6.00. The van der Waals surface area contributed by atoms with E-state index in [4.69, 9.17) is 0 Å². The Balaban J connectivity index is 1.73. The molecular formula is C23H27N5O2S. The third kappa shape index (κ3) is 3.69. The van der Waals surface area contributed by atoms with Crippen molar-refractivity contribution < 1.29 is 4.79 Å². The minimum absolute atomic E-state index is 0.0522. The van der Waals surface area contributed by atoms with Crippen LogP contribution in [-0.4, -0.2) is 35.3 Å². The summed E-state index contributed by atoms with van der Waals surface area (Å²) in [5.41, 5.74) is 3.55. The van der Waals surface area contributed by atoms with Crippen molar-refractivity contribution in [3.63, 3.8) is 0 Å². The Morgan fingerprint density at radius 3 is 2.58 bits per heavy atom. The van der Waals surface area contributed by atoms with Gasteiger partial charge in [-0.1, -0.05) is 37.2 Å². The summed E-state index contributed by atoms with van der Waals surface area (Å²) in [7, 11) is 0. The van der Waals surface area contributed by atoms with E-state index in [9.17, 15) is 9.59 Å². The van der Waals surface area contributed by atoms with Crippen molar-refractivity contribution in [3.8, 4) is 0 Å². The first-order chi connectivity index (χ1) is 15.0. The Morgan fingerprint density at radius 2 is 1.87 bits per heavy atom. The van der Waals surface area contributed by atoms with Crippen LogP contribution in [0.15, 0.2) is 40.3 Å². The number of hydrogen-bond donors (Lipinski definition) is 0. The Labute approximate surface area is 185 Å². The van der Waals surface area contributed by atoms with Crippen LogP contribution in [0.5, 0.6) is 0 Å². The highest BCUT2D eigenvalue weighted by Gasteiger charge is 2.19. The average molecular weight is 438 g/mol. The number of aromatic nitrogens is 5. The lowest BCUT2D eigenvalue weighted by molar-refractivity contribution is 0.102. The lowest BCUT2D eigenvalue weighted by atomic mass is 10.2. The molecule has 0 saturated heterocycles. The molecule has 0 amide bonds. The number of carbonyl (C=O) groups excluding carboxylic acids is 1. The lowest BCUT2D eigenvalue weighted by Crippen LogP contribution is -2.23. The third-order valence-corrected chi connectivity index (χ3v) is 6.67. The van der Waals surface area contributed by atoms with E-state index in [2.05, 4.69) is 28.6 Å². The van der Waals surface area contributed by atoms with Crippen molar-refractivity contribution in [2.45, 2.75) is 58.8 Å². The molecule has 0 atom stereocenters. The van der Waals surface area contributed by atoms with E-state index in [1.165, 1.54) is 11.8 Å². The van der Waals surface area contributed by atoms with Crippen LogP contribution < -0.4 is 5.56 Å². The van der Waals surface area contributed by atoms with E-state index < -0.39 is 0 Å². The highest BCUT2D eigenvalue weighted by molar-refractivity contribution is 7.99. The summed E-state index contributed by atoms with van der Waals surface area (Å²) in [4.78, 5) is 26.0. The summed E-state index contributed by atoms with van der Waals surface area (Å²) in [5, 5.41) is 9.91. The van der Waals surface area contributed by atoms with Gasteiger partial charge in [0.25, 0.3) is 5.56 Å². The van der Waals surface area contributed by atoms with Gasteiger partial charge in [0.05, 0.1) is 16.7 Å². The molecule has 0 radical (unpaired) electrons. The van der Waals surface area contributed by atoms with Crippen molar-refractivity contribution in [2.75, 3.05) is 5.75 Å². The zero-order chi connectivity index (χ0) is 22.1. The van der Waals surface area contributed by atoms with Gasteiger partial charge in [-0.2, -0.15) is 0 Å². The van der Waals surface area contributed by atoms with Gasteiger partial charge in [-0.25, -0.2) is 0 Å². The molecule has 0 fully saturated rings. The van der Waals surface area contributed by atoms with E-state index in [0.717, 1.165) is 41.9 Å². The monoisotopic (exact) mass is 437 g/mol. The molecular weight excluding hydrogens is 410 g/mol. The second-order valence-electron chi connectivity index (χ2n) is 7.69. The van der Waals surface area contributed by atoms with Crippen LogP contribution in [0.2, 0.25) is 0 Å².